The number of aromatic nitrogens is 1. The molecule has 25 heavy (non-hydrogen) atoms. The number of benzene rings is 1. The van der Waals surface area contributed by atoms with Gasteiger partial charge in [0.05, 0.1) is 5.69 Å². The van der Waals surface area contributed by atoms with Crippen LogP contribution in [0, 0.1) is 13.8 Å². The van der Waals surface area contributed by atoms with E-state index in [1.807, 2.05) is 18.7 Å². The highest BCUT2D eigenvalue weighted by atomic mass is 16.5. The Hall–Kier alpha value is -2.30. The molecule has 2 amide bonds. The molecule has 2 aromatic rings. The first-order valence-electron chi connectivity index (χ1n) is 9.04. The van der Waals surface area contributed by atoms with Crippen molar-refractivity contribution in [1.29, 1.82) is 0 Å². The van der Waals surface area contributed by atoms with Crippen LogP contribution in [0.1, 0.15) is 53.8 Å². The van der Waals surface area contributed by atoms with Gasteiger partial charge in [0, 0.05) is 36.5 Å². The number of carbonyl (C=O) groups excluding carboxylic acids is 1. The number of amides is 2. The summed E-state index contributed by atoms with van der Waals surface area (Å²) < 4.78 is 5.24. The van der Waals surface area contributed by atoms with Crippen LogP contribution in [-0.4, -0.2) is 29.2 Å². The van der Waals surface area contributed by atoms with Gasteiger partial charge in [-0.25, -0.2) is 4.79 Å². The van der Waals surface area contributed by atoms with Crippen molar-refractivity contribution in [2.45, 2.75) is 51.5 Å². The minimum absolute atomic E-state index is 0.0272. The molecule has 0 unspecified atom stereocenters. The Morgan fingerprint density at radius 3 is 2.80 bits per heavy atom. The van der Waals surface area contributed by atoms with Crippen LogP contribution in [0.2, 0.25) is 0 Å². The van der Waals surface area contributed by atoms with Crippen molar-refractivity contribution in [3.05, 3.63) is 52.4 Å². The van der Waals surface area contributed by atoms with E-state index in [-0.39, 0.29) is 17.4 Å². The molecular formula is C20H25N3O2. The zero-order valence-electron chi connectivity index (χ0n) is 15.1. The van der Waals surface area contributed by atoms with Crippen LogP contribution < -0.4 is 5.32 Å². The average molecular weight is 339 g/mol. The highest BCUT2D eigenvalue weighted by Crippen LogP contribution is 2.52. The molecule has 2 aliphatic rings. The van der Waals surface area contributed by atoms with Gasteiger partial charge >= 0.3 is 6.03 Å². The molecule has 1 aromatic carbocycles. The summed E-state index contributed by atoms with van der Waals surface area (Å²) in [6.07, 6.45) is 2.37. The van der Waals surface area contributed by atoms with E-state index < -0.39 is 0 Å². The molecule has 1 fully saturated rings. The standard InChI is InChI=1S/C20H25N3O2/c1-13(18-14(2)22-25-15(18)3)10-21-19(24)23-11-16-6-4-5-7-17(16)20(12-23)8-9-20/h4-7,13H,8-12H2,1-3H3,(H,21,24)/t13-/m1/s1. The molecule has 1 N–H and O–H groups in total. The number of nitrogens with zero attached hydrogens (tertiary/aromatic N) is 2. The van der Waals surface area contributed by atoms with E-state index in [0.717, 1.165) is 23.6 Å². The Kier molecular flexibility index (Phi) is 3.82. The minimum Gasteiger partial charge on any atom is -0.361 e. The van der Waals surface area contributed by atoms with E-state index in [0.29, 0.717) is 13.1 Å². The van der Waals surface area contributed by atoms with Crippen LogP contribution in [0.25, 0.3) is 0 Å². The first-order valence-corrected chi connectivity index (χ1v) is 9.04. The van der Waals surface area contributed by atoms with Crippen LogP contribution in [0.5, 0.6) is 0 Å². The fourth-order valence-corrected chi connectivity index (χ4v) is 4.26. The molecule has 5 heteroatoms. The summed E-state index contributed by atoms with van der Waals surface area (Å²) in [7, 11) is 0. The van der Waals surface area contributed by atoms with Gasteiger partial charge in [-0.05, 0) is 37.8 Å². The number of urea groups is 1. The van der Waals surface area contributed by atoms with E-state index >= 15 is 0 Å². The van der Waals surface area contributed by atoms with Gasteiger partial charge in [-0.3, -0.25) is 0 Å². The predicted octanol–water partition coefficient (Wildman–Crippen LogP) is 3.65. The molecule has 5 nitrogen and oxygen atoms in total. The molecule has 1 aromatic heterocycles. The van der Waals surface area contributed by atoms with Crippen LogP contribution in [0.15, 0.2) is 28.8 Å². The molecule has 1 spiro atoms. The number of rotatable bonds is 3. The maximum absolute atomic E-state index is 12.7. The van der Waals surface area contributed by atoms with E-state index in [1.165, 1.54) is 24.0 Å². The average Bonchev–Trinajstić information content (AvgIpc) is 3.29. The molecule has 0 bridgehead atoms. The minimum atomic E-state index is 0.0272. The molecule has 1 aliphatic heterocycles. The third kappa shape index (κ3) is 2.81. The Morgan fingerprint density at radius 2 is 2.12 bits per heavy atom. The van der Waals surface area contributed by atoms with Gasteiger partial charge < -0.3 is 14.7 Å². The van der Waals surface area contributed by atoms with Crippen LogP contribution in [0.3, 0.4) is 0 Å². The van der Waals surface area contributed by atoms with Gasteiger partial charge in [-0.15, -0.1) is 0 Å². The highest BCUT2D eigenvalue weighted by Gasteiger charge is 2.49. The van der Waals surface area contributed by atoms with E-state index in [4.69, 9.17) is 4.52 Å². The molecule has 1 saturated carbocycles. The third-order valence-corrected chi connectivity index (χ3v) is 5.73. The van der Waals surface area contributed by atoms with Crippen LogP contribution >= 0.6 is 0 Å². The summed E-state index contributed by atoms with van der Waals surface area (Å²) in [4.78, 5) is 14.7. The number of nitrogens with one attached hydrogen (secondary N) is 1. The number of hydrogen-bond acceptors (Lipinski definition) is 3. The first kappa shape index (κ1) is 16.2. The second kappa shape index (κ2) is 5.90. The van der Waals surface area contributed by atoms with Crippen molar-refractivity contribution in [1.82, 2.24) is 15.4 Å². The van der Waals surface area contributed by atoms with E-state index in [1.54, 1.807) is 0 Å². The summed E-state index contributed by atoms with van der Waals surface area (Å²) in [6, 6.07) is 8.59. The maximum atomic E-state index is 12.7. The topological polar surface area (TPSA) is 58.4 Å². The fourth-order valence-electron chi connectivity index (χ4n) is 4.26. The second-order valence-corrected chi connectivity index (χ2v) is 7.62. The van der Waals surface area contributed by atoms with Crippen molar-refractivity contribution >= 4 is 6.03 Å². The smallest absolute Gasteiger partial charge is 0.317 e. The second-order valence-electron chi connectivity index (χ2n) is 7.62. The summed E-state index contributed by atoms with van der Waals surface area (Å²) in [5.74, 6) is 1.02. The molecule has 2 heterocycles. The van der Waals surface area contributed by atoms with E-state index in [2.05, 4.69) is 41.7 Å². The molecule has 0 radical (unpaired) electrons. The zero-order valence-corrected chi connectivity index (χ0v) is 15.1. The third-order valence-electron chi connectivity index (χ3n) is 5.73. The Bertz CT molecular complexity index is 788. The summed E-state index contributed by atoms with van der Waals surface area (Å²) in [5, 5.41) is 7.12. The number of hydrogen-bond donors (Lipinski definition) is 1. The van der Waals surface area contributed by atoms with Crippen LogP contribution in [-0.2, 0) is 12.0 Å². The summed E-state index contributed by atoms with van der Waals surface area (Å²) >= 11 is 0. The van der Waals surface area contributed by atoms with Crippen LogP contribution in [0.4, 0.5) is 4.79 Å². The van der Waals surface area contributed by atoms with E-state index in [9.17, 15) is 4.79 Å². The highest BCUT2D eigenvalue weighted by molar-refractivity contribution is 5.75. The van der Waals surface area contributed by atoms with Crippen molar-refractivity contribution in [3.8, 4) is 0 Å². The first-order chi connectivity index (χ1) is 12.0. The Balaban J connectivity index is 1.43. The number of carbonyl (C=O) groups is 1. The van der Waals surface area contributed by atoms with Gasteiger partial charge in [0.15, 0.2) is 0 Å². The number of fused-ring (bicyclic) bond motifs is 2. The lowest BCUT2D eigenvalue weighted by Gasteiger charge is -2.35. The molecule has 1 atom stereocenters. The Labute approximate surface area is 148 Å². The molecular weight excluding hydrogens is 314 g/mol. The monoisotopic (exact) mass is 339 g/mol. The summed E-state index contributed by atoms with van der Waals surface area (Å²) in [5.41, 5.74) is 4.95. The van der Waals surface area contributed by atoms with Gasteiger partial charge in [0.25, 0.3) is 0 Å². The molecule has 4 rings (SSSR count). The normalized spacial score (nSPS) is 18.8. The van der Waals surface area contributed by atoms with Crippen molar-refractivity contribution in [2.75, 3.05) is 13.1 Å². The van der Waals surface area contributed by atoms with Crippen molar-refractivity contribution in [2.24, 2.45) is 0 Å². The lowest BCUT2D eigenvalue weighted by atomic mass is 9.87. The van der Waals surface area contributed by atoms with Gasteiger partial charge in [-0.1, -0.05) is 36.3 Å². The lowest BCUT2D eigenvalue weighted by molar-refractivity contribution is 0.183. The van der Waals surface area contributed by atoms with Gasteiger partial charge in [-0.2, -0.15) is 0 Å². The molecule has 132 valence electrons. The number of aryl methyl sites for hydroxylation is 2. The molecule has 0 saturated heterocycles. The SMILES string of the molecule is Cc1noc(C)c1[C@H](C)CNC(=O)N1Cc2ccccc2C2(CC2)C1. The van der Waals surface area contributed by atoms with Crippen molar-refractivity contribution in [3.63, 3.8) is 0 Å². The molecule has 1 aliphatic carbocycles. The summed E-state index contributed by atoms with van der Waals surface area (Å²) in [6.45, 7) is 8.08. The van der Waals surface area contributed by atoms with Gasteiger partial charge in [0.1, 0.15) is 5.76 Å². The van der Waals surface area contributed by atoms with Gasteiger partial charge in [0.2, 0.25) is 0 Å². The Morgan fingerprint density at radius 1 is 1.36 bits per heavy atom. The lowest BCUT2D eigenvalue weighted by Crippen LogP contribution is -2.47. The van der Waals surface area contributed by atoms with Crippen molar-refractivity contribution < 1.29 is 9.32 Å². The zero-order chi connectivity index (χ0) is 17.6. The maximum Gasteiger partial charge on any atom is 0.317 e. The predicted molar refractivity (Wildman–Crippen MR) is 95.6 cm³/mol. The quantitative estimate of drug-likeness (QED) is 0.928. The fraction of sp³-hybridized carbons (Fsp3) is 0.500. The largest absolute Gasteiger partial charge is 0.361 e.